The lowest BCUT2D eigenvalue weighted by atomic mass is 10.3. The van der Waals surface area contributed by atoms with Gasteiger partial charge in [-0.05, 0) is 44.2 Å². The van der Waals surface area contributed by atoms with Gasteiger partial charge in [0.15, 0.2) is 18.0 Å². The summed E-state index contributed by atoms with van der Waals surface area (Å²) in [6, 6.07) is 6.58. The van der Waals surface area contributed by atoms with Crippen LogP contribution in [0.3, 0.4) is 0 Å². The lowest BCUT2D eigenvalue weighted by molar-refractivity contribution is -0.159. The van der Waals surface area contributed by atoms with E-state index in [4.69, 9.17) is 32.7 Å². The van der Waals surface area contributed by atoms with Gasteiger partial charge in [-0.15, -0.1) is 0 Å². The molecule has 0 aliphatic carbocycles. The van der Waals surface area contributed by atoms with Crippen LogP contribution in [-0.2, 0) is 14.3 Å². The standard InChI is InChI=1S/C17H15Cl2FN2O4/c1-9(16(23)22-15-14(19)7-11(18)8-21-15)26-17(24)10(2)25-13-5-3-12(20)4-6-13/h3-10H,1-2H3,(H,21,22,23)/t9-,10+/m1/s1. The van der Waals surface area contributed by atoms with Crippen LogP contribution in [0.4, 0.5) is 10.2 Å². The zero-order valence-electron chi connectivity index (χ0n) is 13.8. The number of amides is 1. The fourth-order valence-electron chi connectivity index (χ4n) is 1.81. The molecule has 1 N–H and O–H groups in total. The highest BCUT2D eigenvalue weighted by Gasteiger charge is 2.24. The predicted octanol–water partition coefficient (Wildman–Crippen LogP) is 3.87. The predicted molar refractivity (Wildman–Crippen MR) is 94.9 cm³/mol. The second-order valence-corrected chi connectivity index (χ2v) is 6.11. The molecule has 6 nitrogen and oxygen atoms in total. The summed E-state index contributed by atoms with van der Waals surface area (Å²) in [6.07, 6.45) is -0.790. The van der Waals surface area contributed by atoms with Crippen LogP contribution in [0.2, 0.25) is 10.0 Å². The van der Waals surface area contributed by atoms with Crippen molar-refractivity contribution in [2.75, 3.05) is 5.32 Å². The fourth-order valence-corrected chi connectivity index (χ4v) is 2.24. The third-order valence-corrected chi connectivity index (χ3v) is 3.66. The van der Waals surface area contributed by atoms with Crippen LogP contribution in [0.15, 0.2) is 36.5 Å². The van der Waals surface area contributed by atoms with Gasteiger partial charge in [0.05, 0.1) is 10.0 Å². The first kappa shape index (κ1) is 19.9. The minimum atomic E-state index is -1.12. The molecule has 0 saturated heterocycles. The molecule has 0 bridgehead atoms. The quantitative estimate of drug-likeness (QED) is 0.744. The van der Waals surface area contributed by atoms with Gasteiger partial charge in [0, 0.05) is 6.20 Å². The Bertz CT molecular complexity index is 802. The summed E-state index contributed by atoms with van der Waals surface area (Å²) in [5.41, 5.74) is 0. The zero-order chi connectivity index (χ0) is 19.3. The minimum Gasteiger partial charge on any atom is -0.479 e. The Morgan fingerprint density at radius 2 is 1.81 bits per heavy atom. The summed E-state index contributed by atoms with van der Waals surface area (Å²) >= 11 is 11.7. The van der Waals surface area contributed by atoms with E-state index in [9.17, 15) is 14.0 Å². The fraction of sp³-hybridized carbons (Fsp3) is 0.235. The third kappa shape index (κ3) is 5.57. The molecule has 2 atom stereocenters. The van der Waals surface area contributed by atoms with Crippen LogP contribution in [0.25, 0.3) is 0 Å². The van der Waals surface area contributed by atoms with E-state index in [-0.39, 0.29) is 10.8 Å². The van der Waals surface area contributed by atoms with E-state index in [2.05, 4.69) is 10.3 Å². The SMILES string of the molecule is C[C@H](Oc1ccc(F)cc1)C(=O)O[C@H](C)C(=O)Nc1ncc(Cl)cc1Cl. The second kappa shape index (κ2) is 8.82. The summed E-state index contributed by atoms with van der Waals surface area (Å²) in [7, 11) is 0. The minimum absolute atomic E-state index is 0.0968. The number of aromatic nitrogens is 1. The summed E-state index contributed by atoms with van der Waals surface area (Å²) in [5.74, 6) is -1.41. The van der Waals surface area contributed by atoms with Crippen molar-refractivity contribution in [2.24, 2.45) is 0 Å². The van der Waals surface area contributed by atoms with E-state index in [0.717, 1.165) is 0 Å². The number of rotatable bonds is 6. The number of nitrogens with one attached hydrogen (secondary N) is 1. The molecule has 0 unspecified atom stereocenters. The van der Waals surface area contributed by atoms with Gasteiger partial charge in [0.2, 0.25) is 0 Å². The molecule has 0 saturated carbocycles. The van der Waals surface area contributed by atoms with Crippen molar-refractivity contribution in [1.82, 2.24) is 4.98 Å². The average molecular weight is 401 g/mol. The number of hydrogen-bond acceptors (Lipinski definition) is 5. The molecule has 0 aliphatic rings. The number of nitrogens with zero attached hydrogens (tertiary/aromatic N) is 1. The first-order chi connectivity index (χ1) is 12.3. The van der Waals surface area contributed by atoms with Crippen molar-refractivity contribution >= 4 is 40.9 Å². The number of pyridine rings is 1. The van der Waals surface area contributed by atoms with Crippen molar-refractivity contribution in [2.45, 2.75) is 26.1 Å². The lowest BCUT2D eigenvalue weighted by Gasteiger charge is -2.17. The van der Waals surface area contributed by atoms with E-state index >= 15 is 0 Å². The van der Waals surface area contributed by atoms with Crippen molar-refractivity contribution in [3.8, 4) is 5.75 Å². The Labute approximate surface area is 159 Å². The van der Waals surface area contributed by atoms with Crippen LogP contribution in [0.1, 0.15) is 13.8 Å². The number of esters is 1. The maximum Gasteiger partial charge on any atom is 0.347 e. The first-order valence-electron chi connectivity index (χ1n) is 7.51. The molecule has 2 aromatic rings. The first-order valence-corrected chi connectivity index (χ1v) is 8.26. The number of carbonyl (C=O) groups is 2. The molecular formula is C17H15Cl2FN2O4. The topological polar surface area (TPSA) is 77.5 Å². The van der Waals surface area contributed by atoms with Gasteiger partial charge < -0.3 is 14.8 Å². The molecule has 9 heteroatoms. The summed E-state index contributed by atoms with van der Waals surface area (Å²) in [4.78, 5) is 28.0. The van der Waals surface area contributed by atoms with E-state index in [1.54, 1.807) is 0 Å². The second-order valence-electron chi connectivity index (χ2n) is 5.27. The van der Waals surface area contributed by atoms with Crippen LogP contribution in [-0.4, -0.2) is 29.1 Å². The summed E-state index contributed by atoms with van der Waals surface area (Å²) in [6.45, 7) is 2.84. The number of halogens is 3. The van der Waals surface area contributed by atoms with Gasteiger partial charge in [-0.1, -0.05) is 23.2 Å². The van der Waals surface area contributed by atoms with Crippen molar-refractivity contribution in [3.63, 3.8) is 0 Å². The Morgan fingerprint density at radius 1 is 1.15 bits per heavy atom. The smallest absolute Gasteiger partial charge is 0.347 e. The molecule has 1 aromatic carbocycles. The number of benzene rings is 1. The monoisotopic (exact) mass is 400 g/mol. The molecule has 2 rings (SSSR count). The summed E-state index contributed by atoms with van der Waals surface area (Å²) < 4.78 is 23.3. The molecule has 138 valence electrons. The highest BCUT2D eigenvalue weighted by Crippen LogP contribution is 2.22. The molecule has 0 fully saturated rings. The van der Waals surface area contributed by atoms with Crippen LogP contribution in [0.5, 0.6) is 5.75 Å². The normalized spacial score (nSPS) is 12.8. The molecule has 1 amide bonds. The van der Waals surface area contributed by atoms with Crippen LogP contribution < -0.4 is 10.1 Å². The molecule has 26 heavy (non-hydrogen) atoms. The Hall–Kier alpha value is -2.38. The highest BCUT2D eigenvalue weighted by molar-refractivity contribution is 6.36. The Kier molecular flexibility index (Phi) is 6.76. The molecular weight excluding hydrogens is 386 g/mol. The van der Waals surface area contributed by atoms with Gasteiger partial charge in [-0.3, -0.25) is 4.79 Å². The number of carbonyl (C=O) groups excluding carboxylic acids is 2. The lowest BCUT2D eigenvalue weighted by Crippen LogP contribution is -2.35. The summed E-state index contributed by atoms with van der Waals surface area (Å²) in [5, 5.41) is 2.91. The van der Waals surface area contributed by atoms with Crippen molar-refractivity contribution < 1.29 is 23.5 Å². The van der Waals surface area contributed by atoms with Gasteiger partial charge in [-0.25, -0.2) is 14.2 Å². The number of hydrogen-bond donors (Lipinski definition) is 1. The van der Waals surface area contributed by atoms with Crippen LogP contribution in [0, 0.1) is 5.82 Å². The maximum absolute atomic E-state index is 12.9. The molecule has 1 heterocycles. The van der Waals surface area contributed by atoms with Gasteiger partial charge in [-0.2, -0.15) is 0 Å². The number of anilines is 1. The molecule has 1 aromatic heterocycles. The maximum atomic E-state index is 12.9. The van der Waals surface area contributed by atoms with Crippen molar-refractivity contribution in [3.05, 3.63) is 52.4 Å². The van der Waals surface area contributed by atoms with Crippen molar-refractivity contribution in [1.29, 1.82) is 0 Å². The van der Waals surface area contributed by atoms with E-state index in [1.165, 1.54) is 50.4 Å². The molecule has 0 aliphatic heterocycles. The molecule has 0 radical (unpaired) electrons. The Balaban J connectivity index is 1.90. The largest absolute Gasteiger partial charge is 0.479 e. The van der Waals surface area contributed by atoms with Gasteiger partial charge in [0.1, 0.15) is 11.6 Å². The van der Waals surface area contributed by atoms with Gasteiger partial charge >= 0.3 is 5.97 Å². The average Bonchev–Trinajstić information content (AvgIpc) is 2.59. The molecule has 0 spiro atoms. The number of ether oxygens (including phenoxy) is 2. The zero-order valence-corrected chi connectivity index (χ0v) is 15.3. The highest BCUT2D eigenvalue weighted by atomic mass is 35.5. The third-order valence-electron chi connectivity index (χ3n) is 3.17. The Morgan fingerprint density at radius 3 is 2.42 bits per heavy atom. The van der Waals surface area contributed by atoms with E-state index in [1.807, 2.05) is 0 Å². The van der Waals surface area contributed by atoms with Crippen LogP contribution >= 0.6 is 23.2 Å². The van der Waals surface area contributed by atoms with Gasteiger partial charge in [0.25, 0.3) is 5.91 Å². The van der Waals surface area contributed by atoms with E-state index < -0.39 is 29.9 Å². The van der Waals surface area contributed by atoms with E-state index in [0.29, 0.717) is 10.8 Å².